The molecule has 0 aliphatic carbocycles. The summed E-state index contributed by atoms with van der Waals surface area (Å²) >= 11 is 0. The molecule has 1 aromatic heterocycles. The van der Waals surface area contributed by atoms with Gasteiger partial charge in [0.05, 0.1) is 7.11 Å². The molecule has 0 radical (unpaired) electrons. The number of rotatable bonds is 8. The van der Waals surface area contributed by atoms with Crippen LogP contribution in [-0.2, 0) is 0 Å². The van der Waals surface area contributed by atoms with E-state index in [-0.39, 0.29) is 5.91 Å². The second-order valence-corrected chi connectivity index (χ2v) is 5.08. The van der Waals surface area contributed by atoms with Gasteiger partial charge in [0.25, 0.3) is 5.91 Å². The molecular formula is C17H22N4O2. The number of methoxy groups -OCH3 is 1. The van der Waals surface area contributed by atoms with Gasteiger partial charge in [-0.15, -0.1) is 0 Å². The van der Waals surface area contributed by atoms with Crippen LogP contribution in [0.4, 0.5) is 11.6 Å². The van der Waals surface area contributed by atoms with Gasteiger partial charge in [-0.2, -0.15) is 0 Å². The SMILES string of the molecule is CCCCCNc1nccc(C(=O)Nc2ccc(OC)cc2)n1. The summed E-state index contributed by atoms with van der Waals surface area (Å²) in [4.78, 5) is 20.6. The lowest BCUT2D eigenvalue weighted by Gasteiger charge is -2.08. The number of benzene rings is 1. The molecule has 0 aliphatic heterocycles. The van der Waals surface area contributed by atoms with Gasteiger partial charge in [-0.3, -0.25) is 4.79 Å². The maximum atomic E-state index is 12.2. The Kier molecular flexibility index (Phi) is 6.35. The van der Waals surface area contributed by atoms with Crippen LogP contribution in [0.3, 0.4) is 0 Å². The minimum absolute atomic E-state index is 0.269. The van der Waals surface area contributed by atoms with Gasteiger partial charge in [-0.25, -0.2) is 9.97 Å². The molecular weight excluding hydrogens is 292 g/mol. The highest BCUT2D eigenvalue weighted by Gasteiger charge is 2.09. The van der Waals surface area contributed by atoms with E-state index in [1.807, 2.05) is 0 Å². The summed E-state index contributed by atoms with van der Waals surface area (Å²) in [6, 6.07) is 8.73. The summed E-state index contributed by atoms with van der Waals surface area (Å²) in [6.45, 7) is 2.96. The van der Waals surface area contributed by atoms with Gasteiger partial charge in [0.1, 0.15) is 11.4 Å². The van der Waals surface area contributed by atoms with Gasteiger partial charge in [-0.1, -0.05) is 19.8 Å². The lowest BCUT2D eigenvalue weighted by atomic mass is 10.2. The molecule has 1 aromatic carbocycles. The van der Waals surface area contributed by atoms with E-state index in [1.165, 1.54) is 0 Å². The van der Waals surface area contributed by atoms with Crippen LogP contribution in [0.1, 0.15) is 36.7 Å². The summed E-state index contributed by atoms with van der Waals surface area (Å²) in [5.74, 6) is 0.946. The Bertz CT molecular complexity index is 629. The number of amides is 1. The summed E-state index contributed by atoms with van der Waals surface area (Å²) in [5.41, 5.74) is 1.01. The molecule has 0 unspecified atom stereocenters. The Balaban J connectivity index is 1.95. The van der Waals surface area contributed by atoms with Gasteiger partial charge in [-0.05, 0) is 36.8 Å². The fraction of sp³-hybridized carbons (Fsp3) is 0.353. The maximum absolute atomic E-state index is 12.2. The average Bonchev–Trinajstić information content (AvgIpc) is 2.60. The van der Waals surface area contributed by atoms with Crippen molar-refractivity contribution in [2.24, 2.45) is 0 Å². The van der Waals surface area contributed by atoms with E-state index < -0.39 is 0 Å². The molecule has 122 valence electrons. The fourth-order valence-corrected chi connectivity index (χ4v) is 2.02. The van der Waals surface area contributed by atoms with E-state index >= 15 is 0 Å². The van der Waals surface area contributed by atoms with Crippen molar-refractivity contribution in [2.75, 3.05) is 24.3 Å². The number of carbonyl (C=O) groups is 1. The first-order chi connectivity index (χ1) is 11.2. The van der Waals surface area contributed by atoms with Crippen LogP contribution < -0.4 is 15.4 Å². The first-order valence-electron chi connectivity index (χ1n) is 7.75. The molecule has 0 fully saturated rings. The van der Waals surface area contributed by atoms with Crippen LogP contribution in [0.5, 0.6) is 5.75 Å². The predicted molar refractivity (Wildman–Crippen MR) is 91.0 cm³/mol. The van der Waals surface area contributed by atoms with Crippen molar-refractivity contribution < 1.29 is 9.53 Å². The van der Waals surface area contributed by atoms with Crippen molar-refractivity contribution in [1.29, 1.82) is 0 Å². The zero-order chi connectivity index (χ0) is 16.5. The van der Waals surface area contributed by atoms with Gasteiger partial charge in [0, 0.05) is 18.4 Å². The van der Waals surface area contributed by atoms with E-state index in [9.17, 15) is 4.79 Å². The quantitative estimate of drug-likeness (QED) is 0.731. The van der Waals surface area contributed by atoms with Gasteiger partial charge >= 0.3 is 0 Å². The number of ether oxygens (including phenoxy) is 1. The number of carbonyl (C=O) groups excluding carboxylic acids is 1. The molecule has 0 spiro atoms. The largest absolute Gasteiger partial charge is 0.497 e. The highest BCUT2D eigenvalue weighted by molar-refractivity contribution is 6.02. The Hall–Kier alpha value is -2.63. The Morgan fingerprint density at radius 2 is 1.96 bits per heavy atom. The minimum atomic E-state index is -0.269. The Morgan fingerprint density at radius 1 is 1.17 bits per heavy atom. The molecule has 23 heavy (non-hydrogen) atoms. The van der Waals surface area contributed by atoms with E-state index in [0.717, 1.165) is 31.6 Å². The molecule has 2 aromatic rings. The Morgan fingerprint density at radius 3 is 2.65 bits per heavy atom. The van der Waals surface area contributed by atoms with Crippen LogP contribution in [0.2, 0.25) is 0 Å². The number of unbranched alkanes of at least 4 members (excludes halogenated alkanes) is 2. The first kappa shape index (κ1) is 16.7. The van der Waals surface area contributed by atoms with E-state index in [2.05, 4.69) is 27.5 Å². The first-order valence-corrected chi connectivity index (χ1v) is 7.75. The number of nitrogens with one attached hydrogen (secondary N) is 2. The third-order valence-corrected chi connectivity index (χ3v) is 3.30. The standard InChI is InChI=1S/C17H22N4O2/c1-3-4-5-11-18-17-19-12-10-15(21-17)16(22)20-13-6-8-14(23-2)9-7-13/h6-10,12H,3-5,11H2,1-2H3,(H,20,22)(H,18,19,21). The molecule has 0 saturated carbocycles. The topological polar surface area (TPSA) is 76.1 Å². The summed E-state index contributed by atoms with van der Waals surface area (Å²) < 4.78 is 5.09. The van der Waals surface area contributed by atoms with Crippen LogP contribution >= 0.6 is 0 Å². The molecule has 6 nitrogen and oxygen atoms in total. The lowest BCUT2D eigenvalue weighted by Crippen LogP contribution is -2.15. The highest BCUT2D eigenvalue weighted by atomic mass is 16.5. The van der Waals surface area contributed by atoms with Crippen LogP contribution in [-0.4, -0.2) is 29.5 Å². The number of hydrogen-bond acceptors (Lipinski definition) is 5. The van der Waals surface area contributed by atoms with E-state index in [4.69, 9.17) is 4.74 Å². The summed E-state index contributed by atoms with van der Waals surface area (Å²) in [5, 5.41) is 5.94. The van der Waals surface area contributed by atoms with Crippen molar-refractivity contribution in [3.05, 3.63) is 42.2 Å². The summed E-state index contributed by atoms with van der Waals surface area (Å²) in [7, 11) is 1.60. The smallest absolute Gasteiger partial charge is 0.274 e. The second-order valence-electron chi connectivity index (χ2n) is 5.08. The van der Waals surface area contributed by atoms with E-state index in [1.54, 1.807) is 43.6 Å². The fourth-order valence-electron chi connectivity index (χ4n) is 2.02. The van der Waals surface area contributed by atoms with E-state index in [0.29, 0.717) is 17.3 Å². The normalized spacial score (nSPS) is 10.2. The molecule has 1 amide bonds. The van der Waals surface area contributed by atoms with Crippen LogP contribution in [0.15, 0.2) is 36.5 Å². The second kappa shape index (κ2) is 8.73. The number of nitrogens with zero attached hydrogens (tertiary/aromatic N) is 2. The molecule has 1 heterocycles. The third-order valence-electron chi connectivity index (χ3n) is 3.30. The molecule has 6 heteroatoms. The van der Waals surface area contributed by atoms with Gasteiger partial charge < -0.3 is 15.4 Å². The number of anilines is 2. The van der Waals surface area contributed by atoms with Crippen molar-refractivity contribution in [1.82, 2.24) is 9.97 Å². The monoisotopic (exact) mass is 314 g/mol. The van der Waals surface area contributed by atoms with Gasteiger partial charge in [0.2, 0.25) is 5.95 Å². The van der Waals surface area contributed by atoms with Crippen molar-refractivity contribution in [2.45, 2.75) is 26.2 Å². The Labute approximate surface area is 136 Å². The molecule has 0 saturated heterocycles. The number of aromatic nitrogens is 2. The third kappa shape index (κ3) is 5.25. The van der Waals surface area contributed by atoms with Crippen molar-refractivity contribution in [3.8, 4) is 5.75 Å². The number of hydrogen-bond donors (Lipinski definition) is 2. The molecule has 0 atom stereocenters. The molecule has 0 aliphatic rings. The zero-order valence-corrected chi connectivity index (χ0v) is 13.5. The highest BCUT2D eigenvalue weighted by Crippen LogP contribution is 2.15. The average molecular weight is 314 g/mol. The molecule has 2 rings (SSSR count). The van der Waals surface area contributed by atoms with Crippen LogP contribution in [0.25, 0.3) is 0 Å². The predicted octanol–water partition coefficient (Wildman–Crippen LogP) is 3.34. The lowest BCUT2D eigenvalue weighted by molar-refractivity contribution is 0.102. The summed E-state index contributed by atoms with van der Waals surface area (Å²) in [6.07, 6.45) is 4.96. The van der Waals surface area contributed by atoms with Crippen molar-refractivity contribution in [3.63, 3.8) is 0 Å². The minimum Gasteiger partial charge on any atom is -0.497 e. The zero-order valence-electron chi connectivity index (χ0n) is 13.5. The maximum Gasteiger partial charge on any atom is 0.274 e. The van der Waals surface area contributed by atoms with Gasteiger partial charge in [0.15, 0.2) is 0 Å². The molecule has 2 N–H and O–H groups in total. The molecule has 0 bridgehead atoms. The van der Waals surface area contributed by atoms with Crippen molar-refractivity contribution >= 4 is 17.5 Å². The van der Waals surface area contributed by atoms with Crippen LogP contribution in [0, 0.1) is 0 Å².